The summed E-state index contributed by atoms with van der Waals surface area (Å²) < 4.78 is 56.8. The van der Waals surface area contributed by atoms with Crippen molar-refractivity contribution < 1.29 is 26.7 Å². The van der Waals surface area contributed by atoms with Gasteiger partial charge in [-0.3, -0.25) is 4.68 Å². The van der Waals surface area contributed by atoms with Crippen molar-refractivity contribution >= 4 is 15.9 Å². The van der Waals surface area contributed by atoms with Crippen LogP contribution >= 0.6 is 0 Å². The molecule has 1 aromatic heterocycles. The van der Waals surface area contributed by atoms with Crippen molar-refractivity contribution in [3.05, 3.63) is 11.8 Å². The van der Waals surface area contributed by atoms with Crippen molar-refractivity contribution in [3.8, 4) is 0 Å². The summed E-state index contributed by atoms with van der Waals surface area (Å²) in [6.45, 7) is 6.16. The Morgan fingerprint density at radius 1 is 1.35 bits per heavy atom. The minimum absolute atomic E-state index is 0.149. The van der Waals surface area contributed by atoms with Crippen LogP contribution in [-0.2, 0) is 21.6 Å². The fourth-order valence-corrected chi connectivity index (χ4v) is 4.74. The summed E-state index contributed by atoms with van der Waals surface area (Å²) in [5.41, 5.74) is -1.13. The van der Waals surface area contributed by atoms with Crippen molar-refractivity contribution in [3.63, 3.8) is 0 Å². The minimum Gasteiger partial charge on any atom is -0.444 e. The van der Waals surface area contributed by atoms with Gasteiger partial charge in [0.1, 0.15) is 11.3 Å². The van der Waals surface area contributed by atoms with E-state index >= 15 is 0 Å². The van der Waals surface area contributed by atoms with E-state index < -0.39 is 33.7 Å². The Labute approximate surface area is 152 Å². The van der Waals surface area contributed by atoms with Gasteiger partial charge >= 0.3 is 6.09 Å². The standard InChI is InChI=1S/C16H25F2N3O4S/c1-16(2,3)25-15(22)21-7-5-11(6-8-21)10-26(23,24)13-9-12(14(17)18)19-20(13)4/h9,11,14H,5-8,10H2,1-4H3. The third-order valence-corrected chi connectivity index (χ3v) is 6.05. The summed E-state index contributed by atoms with van der Waals surface area (Å²) in [6, 6.07) is 0.926. The van der Waals surface area contributed by atoms with Gasteiger partial charge in [0.05, 0.1) is 5.75 Å². The maximum absolute atomic E-state index is 12.7. The normalized spacial score (nSPS) is 17.0. The summed E-state index contributed by atoms with van der Waals surface area (Å²) in [5, 5.41) is 3.35. The first-order valence-electron chi connectivity index (χ1n) is 8.42. The molecule has 148 valence electrons. The van der Waals surface area contributed by atoms with E-state index in [9.17, 15) is 22.0 Å². The molecule has 2 heterocycles. The quantitative estimate of drug-likeness (QED) is 0.786. The number of ether oxygens (including phenoxy) is 1. The van der Waals surface area contributed by atoms with Gasteiger partial charge in [-0.15, -0.1) is 0 Å². The van der Waals surface area contributed by atoms with Crippen molar-refractivity contribution in [2.75, 3.05) is 18.8 Å². The average molecular weight is 393 g/mol. The van der Waals surface area contributed by atoms with Crippen molar-refractivity contribution in [1.29, 1.82) is 0 Å². The molecule has 1 aliphatic rings. The van der Waals surface area contributed by atoms with Crippen LogP contribution in [0.4, 0.5) is 13.6 Å². The fourth-order valence-electron chi connectivity index (χ4n) is 2.87. The van der Waals surface area contributed by atoms with Crippen LogP contribution < -0.4 is 0 Å². The summed E-state index contributed by atoms with van der Waals surface area (Å²) in [4.78, 5) is 13.6. The van der Waals surface area contributed by atoms with Crippen LogP contribution in [0.25, 0.3) is 0 Å². The number of likely N-dealkylation sites (tertiary alicyclic amines) is 1. The molecule has 0 saturated carbocycles. The Morgan fingerprint density at radius 2 is 1.92 bits per heavy atom. The number of hydrogen-bond acceptors (Lipinski definition) is 5. The van der Waals surface area contributed by atoms with Crippen LogP contribution in [0.2, 0.25) is 0 Å². The Morgan fingerprint density at radius 3 is 2.38 bits per heavy atom. The van der Waals surface area contributed by atoms with Gasteiger partial charge in [0.2, 0.25) is 0 Å². The largest absolute Gasteiger partial charge is 0.444 e. The smallest absolute Gasteiger partial charge is 0.410 e. The molecule has 1 aliphatic heterocycles. The molecule has 0 unspecified atom stereocenters. The van der Waals surface area contributed by atoms with Gasteiger partial charge in [0, 0.05) is 26.2 Å². The zero-order chi connectivity index (χ0) is 19.7. The van der Waals surface area contributed by atoms with Crippen LogP contribution in [-0.4, -0.2) is 53.6 Å². The Kier molecular flexibility index (Phi) is 5.94. The van der Waals surface area contributed by atoms with E-state index in [0.717, 1.165) is 10.7 Å². The zero-order valence-corrected chi connectivity index (χ0v) is 16.2. The number of aromatic nitrogens is 2. The van der Waals surface area contributed by atoms with E-state index in [-0.39, 0.29) is 16.7 Å². The lowest BCUT2D eigenvalue weighted by Gasteiger charge is -2.33. The summed E-state index contributed by atoms with van der Waals surface area (Å²) in [5.74, 6) is -0.305. The number of carbonyl (C=O) groups is 1. The maximum Gasteiger partial charge on any atom is 0.410 e. The van der Waals surface area contributed by atoms with Crippen molar-refractivity contribution in [2.24, 2.45) is 13.0 Å². The lowest BCUT2D eigenvalue weighted by molar-refractivity contribution is 0.0191. The number of sulfone groups is 1. The average Bonchev–Trinajstić information content (AvgIpc) is 2.89. The van der Waals surface area contributed by atoms with E-state index in [0.29, 0.717) is 25.9 Å². The first-order chi connectivity index (χ1) is 11.9. The molecule has 26 heavy (non-hydrogen) atoms. The van der Waals surface area contributed by atoms with Crippen LogP contribution in [0, 0.1) is 5.92 Å². The Bertz CT molecular complexity index is 748. The van der Waals surface area contributed by atoms with Gasteiger partial charge in [0.15, 0.2) is 14.9 Å². The molecule has 1 fully saturated rings. The SMILES string of the molecule is Cn1nc(C(F)F)cc1S(=O)(=O)CC1CCN(C(=O)OC(C)(C)C)CC1. The molecule has 1 saturated heterocycles. The Balaban J connectivity index is 1.97. The van der Waals surface area contributed by atoms with E-state index in [1.54, 1.807) is 25.7 Å². The van der Waals surface area contributed by atoms with Gasteiger partial charge < -0.3 is 9.64 Å². The number of rotatable bonds is 4. The molecule has 1 amide bonds. The molecule has 0 aromatic carbocycles. The number of nitrogens with zero attached hydrogens (tertiary/aromatic N) is 3. The molecule has 0 bridgehead atoms. The zero-order valence-electron chi connectivity index (χ0n) is 15.4. The predicted octanol–water partition coefficient (Wildman–Crippen LogP) is 2.78. The van der Waals surface area contributed by atoms with Gasteiger partial charge in [-0.25, -0.2) is 22.0 Å². The number of aryl methyl sites for hydroxylation is 1. The topological polar surface area (TPSA) is 81.5 Å². The predicted molar refractivity (Wildman–Crippen MR) is 90.7 cm³/mol. The molecule has 0 atom stereocenters. The van der Waals surface area contributed by atoms with Crippen molar-refractivity contribution in [2.45, 2.75) is 50.7 Å². The maximum atomic E-state index is 12.7. The molecule has 10 heteroatoms. The molecule has 0 N–H and O–H groups in total. The molecule has 7 nitrogen and oxygen atoms in total. The molecule has 0 radical (unpaired) electrons. The fraction of sp³-hybridized carbons (Fsp3) is 0.750. The third-order valence-electron chi connectivity index (χ3n) is 4.12. The monoisotopic (exact) mass is 393 g/mol. The summed E-state index contributed by atoms with van der Waals surface area (Å²) in [7, 11) is -2.40. The second kappa shape index (κ2) is 7.50. The highest BCUT2D eigenvalue weighted by Gasteiger charge is 2.31. The molecule has 0 spiro atoms. The minimum atomic E-state index is -3.74. The number of alkyl halides is 2. The number of piperidine rings is 1. The van der Waals surface area contributed by atoms with Gasteiger partial charge in [-0.05, 0) is 39.5 Å². The van der Waals surface area contributed by atoms with E-state index in [1.165, 1.54) is 7.05 Å². The molecule has 1 aromatic rings. The highest BCUT2D eigenvalue weighted by Crippen LogP contribution is 2.26. The number of carbonyl (C=O) groups excluding carboxylic acids is 1. The highest BCUT2D eigenvalue weighted by atomic mass is 32.2. The summed E-state index contributed by atoms with van der Waals surface area (Å²) in [6.07, 6.45) is -2.20. The third kappa shape index (κ3) is 5.15. The highest BCUT2D eigenvalue weighted by molar-refractivity contribution is 7.91. The van der Waals surface area contributed by atoms with Gasteiger partial charge in [-0.1, -0.05) is 0 Å². The van der Waals surface area contributed by atoms with Crippen LogP contribution in [0.1, 0.15) is 45.7 Å². The number of halogens is 2. The van der Waals surface area contributed by atoms with Crippen LogP contribution in [0.5, 0.6) is 0 Å². The van der Waals surface area contributed by atoms with Crippen molar-refractivity contribution in [1.82, 2.24) is 14.7 Å². The molecule has 0 aliphatic carbocycles. The molecular weight excluding hydrogens is 368 g/mol. The summed E-state index contributed by atoms with van der Waals surface area (Å²) >= 11 is 0. The van der Waals surface area contributed by atoms with Gasteiger partial charge in [0.25, 0.3) is 6.43 Å². The van der Waals surface area contributed by atoms with Gasteiger partial charge in [-0.2, -0.15) is 5.10 Å². The lowest BCUT2D eigenvalue weighted by Crippen LogP contribution is -2.42. The number of amides is 1. The Hall–Kier alpha value is -1.71. The van der Waals surface area contributed by atoms with Crippen LogP contribution in [0.3, 0.4) is 0 Å². The first kappa shape index (κ1) is 20.6. The van der Waals surface area contributed by atoms with E-state index in [4.69, 9.17) is 4.74 Å². The second-order valence-electron chi connectivity index (χ2n) is 7.52. The molecular formula is C16H25F2N3O4S. The second-order valence-corrected chi connectivity index (χ2v) is 9.51. The lowest BCUT2D eigenvalue weighted by atomic mass is 9.99. The van der Waals surface area contributed by atoms with Crippen LogP contribution in [0.15, 0.2) is 11.1 Å². The molecule has 2 rings (SSSR count). The number of hydrogen-bond donors (Lipinski definition) is 0. The van der Waals surface area contributed by atoms with E-state index in [1.807, 2.05) is 0 Å². The van der Waals surface area contributed by atoms with E-state index in [2.05, 4.69) is 5.10 Å². The first-order valence-corrected chi connectivity index (χ1v) is 10.1.